The molecule has 1 N–H and O–H groups in total. The monoisotopic (exact) mass is 359 g/mol. The molecule has 1 nitrogen and oxygen atoms in total. The predicted molar refractivity (Wildman–Crippen MR) is 81.0 cm³/mol. The van der Waals surface area contributed by atoms with E-state index in [1.165, 1.54) is 18.2 Å². The van der Waals surface area contributed by atoms with Crippen LogP contribution >= 0.6 is 27.5 Å². The lowest BCUT2D eigenvalue weighted by atomic mass is 9.97. The molecule has 20 heavy (non-hydrogen) atoms. The summed E-state index contributed by atoms with van der Waals surface area (Å²) in [4.78, 5) is 0. The standard InChI is InChI=1S/C15H13BrClF2N/c1-2-20-15(9-6-7-11(17)10(16)8-9)14-12(18)4-3-5-13(14)19/h3-8,15,20H,2H2,1H3. The second-order valence-corrected chi connectivity index (χ2v) is 5.56. The molecule has 0 spiro atoms. The number of benzene rings is 2. The summed E-state index contributed by atoms with van der Waals surface area (Å²) in [6.45, 7) is 2.47. The zero-order valence-electron chi connectivity index (χ0n) is 10.8. The van der Waals surface area contributed by atoms with E-state index in [4.69, 9.17) is 11.6 Å². The van der Waals surface area contributed by atoms with E-state index < -0.39 is 17.7 Å². The van der Waals surface area contributed by atoms with E-state index in [-0.39, 0.29) is 5.56 Å². The first-order chi connectivity index (χ1) is 9.54. The molecule has 1 atom stereocenters. The molecule has 0 saturated carbocycles. The molecule has 0 saturated heterocycles. The number of halogens is 4. The highest BCUT2D eigenvalue weighted by molar-refractivity contribution is 9.10. The summed E-state index contributed by atoms with van der Waals surface area (Å²) >= 11 is 9.28. The number of hydrogen-bond acceptors (Lipinski definition) is 1. The Hall–Kier alpha value is -0.970. The Morgan fingerprint density at radius 2 is 1.85 bits per heavy atom. The summed E-state index contributed by atoms with van der Waals surface area (Å²) in [7, 11) is 0. The van der Waals surface area contributed by atoms with Gasteiger partial charge in [0.1, 0.15) is 11.6 Å². The lowest BCUT2D eigenvalue weighted by molar-refractivity contribution is 0.510. The Labute approximate surface area is 130 Å². The SMILES string of the molecule is CCNC(c1ccc(Cl)c(Br)c1)c1c(F)cccc1F. The Kier molecular flexibility index (Phi) is 5.13. The third-order valence-corrected chi connectivity index (χ3v) is 4.19. The molecule has 106 valence electrons. The Morgan fingerprint density at radius 1 is 1.20 bits per heavy atom. The van der Waals surface area contributed by atoms with E-state index in [9.17, 15) is 8.78 Å². The number of rotatable bonds is 4. The van der Waals surface area contributed by atoms with Gasteiger partial charge in [-0.05, 0) is 52.3 Å². The van der Waals surface area contributed by atoms with Crippen LogP contribution in [0.1, 0.15) is 24.1 Å². The molecule has 5 heteroatoms. The van der Waals surface area contributed by atoms with Gasteiger partial charge in [0.15, 0.2) is 0 Å². The molecular formula is C15H13BrClF2N. The summed E-state index contributed by atoms with van der Waals surface area (Å²) in [6, 6.07) is 8.53. The summed E-state index contributed by atoms with van der Waals surface area (Å²) in [5.41, 5.74) is 0.760. The van der Waals surface area contributed by atoms with Crippen molar-refractivity contribution >= 4 is 27.5 Å². The van der Waals surface area contributed by atoms with E-state index in [2.05, 4.69) is 21.2 Å². The minimum absolute atomic E-state index is 0.0172. The van der Waals surface area contributed by atoms with Crippen molar-refractivity contribution in [3.05, 3.63) is 68.7 Å². The molecule has 2 aromatic rings. The van der Waals surface area contributed by atoms with Gasteiger partial charge in [-0.3, -0.25) is 0 Å². The highest BCUT2D eigenvalue weighted by Crippen LogP contribution is 2.31. The van der Waals surface area contributed by atoms with Crippen LogP contribution in [0.5, 0.6) is 0 Å². The lowest BCUT2D eigenvalue weighted by Crippen LogP contribution is -2.24. The van der Waals surface area contributed by atoms with Crippen LogP contribution in [0.25, 0.3) is 0 Å². The van der Waals surface area contributed by atoms with Crippen molar-refractivity contribution in [1.29, 1.82) is 0 Å². The first-order valence-corrected chi connectivity index (χ1v) is 7.34. The van der Waals surface area contributed by atoms with Gasteiger partial charge in [0.2, 0.25) is 0 Å². The van der Waals surface area contributed by atoms with Gasteiger partial charge in [0, 0.05) is 10.0 Å². The molecule has 2 rings (SSSR count). The summed E-state index contributed by atoms with van der Waals surface area (Å²) in [5.74, 6) is -1.14. The normalized spacial score (nSPS) is 12.4. The fourth-order valence-corrected chi connectivity index (χ4v) is 2.58. The van der Waals surface area contributed by atoms with E-state index in [1.54, 1.807) is 18.2 Å². The number of nitrogens with one attached hydrogen (secondary N) is 1. The summed E-state index contributed by atoms with van der Waals surface area (Å²) < 4.78 is 28.6. The molecule has 0 radical (unpaired) electrons. The minimum atomic E-state index is -0.568. The van der Waals surface area contributed by atoms with Gasteiger partial charge in [-0.25, -0.2) is 8.78 Å². The topological polar surface area (TPSA) is 12.0 Å². The molecule has 0 bridgehead atoms. The molecule has 0 aromatic heterocycles. The molecule has 0 fully saturated rings. The quantitative estimate of drug-likeness (QED) is 0.802. The fraction of sp³-hybridized carbons (Fsp3) is 0.200. The Bertz CT molecular complexity index is 599. The van der Waals surface area contributed by atoms with Gasteiger partial charge >= 0.3 is 0 Å². The molecule has 2 aromatic carbocycles. The van der Waals surface area contributed by atoms with Gasteiger partial charge in [-0.15, -0.1) is 0 Å². The fourth-order valence-electron chi connectivity index (χ4n) is 2.07. The smallest absolute Gasteiger partial charge is 0.131 e. The van der Waals surface area contributed by atoms with Crippen molar-refractivity contribution in [1.82, 2.24) is 5.32 Å². The molecule has 0 heterocycles. The van der Waals surface area contributed by atoms with Crippen LogP contribution in [-0.4, -0.2) is 6.54 Å². The van der Waals surface area contributed by atoms with Crippen molar-refractivity contribution in [2.24, 2.45) is 0 Å². The summed E-state index contributed by atoms with van der Waals surface area (Å²) in [5, 5.41) is 3.65. The van der Waals surface area contributed by atoms with E-state index >= 15 is 0 Å². The highest BCUT2D eigenvalue weighted by atomic mass is 79.9. The average molecular weight is 361 g/mol. The van der Waals surface area contributed by atoms with Crippen molar-refractivity contribution < 1.29 is 8.78 Å². The Balaban J connectivity index is 2.53. The third-order valence-electron chi connectivity index (χ3n) is 2.97. The van der Waals surface area contributed by atoms with Crippen LogP contribution in [0.4, 0.5) is 8.78 Å². The lowest BCUT2D eigenvalue weighted by Gasteiger charge is -2.20. The van der Waals surface area contributed by atoms with Crippen LogP contribution in [0.15, 0.2) is 40.9 Å². The summed E-state index contributed by atoms with van der Waals surface area (Å²) in [6.07, 6.45) is 0. The van der Waals surface area contributed by atoms with Gasteiger partial charge in [-0.1, -0.05) is 30.7 Å². The van der Waals surface area contributed by atoms with Crippen LogP contribution in [0, 0.1) is 11.6 Å². The van der Waals surface area contributed by atoms with Gasteiger partial charge in [-0.2, -0.15) is 0 Å². The van der Waals surface area contributed by atoms with Crippen LogP contribution in [-0.2, 0) is 0 Å². The minimum Gasteiger partial charge on any atom is -0.306 e. The van der Waals surface area contributed by atoms with Crippen LogP contribution < -0.4 is 5.32 Å². The van der Waals surface area contributed by atoms with Crippen molar-refractivity contribution in [2.45, 2.75) is 13.0 Å². The van der Waals surface area contributed by atoms with Crippen LogP contribution in [0.2, 0.25) is 5.02 Å². The van der Waals surface area contributed by atoms with Gasteiger partial charge in [0.25, 0.3) is 0 Å². The molecule has 0 amide bonds. The molecule has 1 unspecified atom stereocenters. The highest BCUT2D eigenvalue weighted by Gasteiger charge is 2.21. The maximum Gasteiger partial charge on any atom is 0.131 e. The molecular weight excluding hydrogens is 348 g/mol. The third kappa shape index (κ3) is 3.19. The second kappa shape index (κ2) is 6.66. The number of hydrogen-bond donors (Lipinski definition) is 1. The van der Waals surface area contributed by atoms with Crippen molar-refractivity contribution in [2.75, 3.05) is 6.54 Å². The first-order valence-electron chi connectivity index (χ1n) is 6.16. The maximum atomic E-state index is 14.0. The van der Waals surface area contributed by atoms with Crippen molar-refractivity contribution in [3.8, 4) is 0 Å². The van der Waals surface area contributed by atoms with Crippen molar-refractivity contribution in [3.63, 3.8) is 0 Å². The second-order valence-electron chi connectivity index (χ2n) is 4.30. The van der Waals surface area contributed by atoms with E-state index in [0.29, 0.717) is 16.0 Å². The molecule has 0 aliphatic rings. The van der Waals surface area contributed by atoms with E-state index in [1.807, 2.05) is 6.92 Å². The zero-order chi connectivity index (χ0) is 14.7. The molecule has 0 aliphatic heterocycles. The van der Waals surface area contributed by atoms with Crippen LogP contribution in [0.3, 0.4) is 0 Å². The molecule has 0 aliphatic carbocycles. The first kappa shape index (κ1) is 15.4. The predicted octanol–water partition coefficient (Wildman–Crippen LogP) is 5.08. The zero-order valence-corrected chi connectivity index (χ0v) is 13.1. The maximum absolute atomic E-state index is 14.0. The Morgan fingerprint density at radius 3 is 2.40 bits per heavy atom. The van der Waals surface area contributed by atoms with Gasteiger partial charge in [0.05, 0.1) is 11.1 Å². The van der Waals surface area contributed by atoms with E-state index in [0.717, 1.165) is 5.56 Å². The van der Waals surface area contributed by atoms with Gasteiger partial charge < -0.3 is 5.32 Å². The largest absolute Gasteiger partial charge is 0.306 e. The average Bonchev–Trinajstić information content (AvgIpc) is 2.41.